The van der Waals surface area contributed by atoms with Gasteiger partial charge in [0.25, 0.3) is 15.7 Å². The number of rotatable bonds is 4. The third-order valence-electron chi connectivity index (χ3n) is 2.48. The summed E-state index contributed by atoms with van der Waals surface area (Å²) in [5.41, 5.74) is -0.478. The number of pyridine rings is 1. The minimum atomic E-state index is -4.06. The fraction of sp³-hybridized carbons (Fsp3) is 0. The van der Waals surface area contributed by atoms with Crippen molar-refractivity contribution in [2.24, 2.45) is 0 Å². The SMILES string of the molecule is N#Cc1ncccc1S(=O)(=O)Nc1cccc([N+](=O)[O-])c1. The molecule has 0 aliphatic heterocycles. The number of non-ortho nitro benzene ring substituents is 1. The van der Waals surface area contributed by atoms with Crippen LogP contribution >= 0.6 is 0 Å². The van der Waals surface area contributed by atoms with Gasteiger partial charge in [-0.25, -0.2) is 13.4 Å². The lowest BCUT2D eigenvalue weighted by Gasteiger charge is -2.08. The van der Waals surface area contributed by atoms with Crippen molar-refractivity contribution in [2.75, 3.05) is 4.72 Å². The number of hydrogen-bond acceptors (Lipinski definition) is 6. The Morgan fingerprint density at radius 2 is 2.05 bits per heavy atom. The number of hydrogen-bond donors (Lipinski definition) is 1. The Morgan fingerprint density at radius 1 is 1.29 bits per heavy atom. The smallest absolute Gasteiger partial charge is 0.271 e. The van der Waals surface area contributed by atoms with Gasteiger partial charge in [0.15, 0.2) is 5.69 Å². The Kier molecular flexibility index (Phi) is 3.82. The van der Waals surface area contributed by atoms with Crippen LogP contribution in [0.5, 0.6) is 0 Å². The van der Waals surface area contributed by atoms with Crippen molar-refractivity contribution in [2.45, 2.75) is 4.90 Å². The molecule has 1 heterocycles. The van der Waals surface area contributed by atoms with Crippen LogP contribution in [0.1, 0.15) is 5.69 Å². The molecule has 0 amide bonds. The van der Waals surface area contributed by atoms with E-state index in [-0.39, 0.29) is 22.0 Å². The summed E-state index contributed by atoms with van der Waals surface area (Å²) in [5, 5.41) is 19.5. The average molecular weight is 304 g/mol. The van der Waals surface area contributed by atoms with Crippen molar-refractivity contribution in [3.8, 4) is 6.07 Å². The number of nitrogens with one attached hydrogen (secondary N) is 1. The van der Waals surface area contributed by atoms with Gasteiger partial charge < -0.3 is 0 Å². The molecule has 0 bridgehead atoms. The van der Waals surface area contributed by atoms with Crippen molar-refractivity contribution in [3.63, 3.8) is 0 Å². The molecular formula is C12H8N4O4S. The first-order valence-corrected chi connectivity index (χ1v) is 7.05. The Bertz CT molecular complexity index is 842. The molecule has 0 aliphatic rings. The molecule has 8 nitrogen and oxygen atoms in total. The van der Waals surface area contributed by atoms with Crippen LogP contribution in [0, 0.1) is 21.4 Å². The maximum absolute atomic E-state index is 12.2. The standard InChI is InChI=1S/C12H8N4O4S/c13-8-11-12(5-2-6-14-11)21(19,20)15-9-3-1-4-10(7-9)16(17)18/h1-7,15H. The minimum absolute atomic E-state index is 0.0249. The largest absolute Gasteiger partial charge is 0.279 e. The van der Waals surface area contributed by atoms with Crippen LogP contribution < -0.4 is 4.72 Å². The molecule has 0 unspecified atom stereocenters. The number of sulfonamides is 1. The van der Waals surface area contributed by atoms with Gasteiger partial charge in [-0.1, -0.05) is 6.07 Å². The normalized spacial score (nSPS) is 10.6. The summed E-state index contributed by atoms with van der Waals surface area (Å²) in [6, 6.07) is 9.33. The van der Waals surface area contributed by atoms with E-state index in [2.05, 4.69) is 9.71 Å². The molecular weight excluding hydrogens is 296 g/mol. The van der Waals surface area contributed by atoms with Crippen LogP contribution in [0.25, 0.3) is 0 Å². The molecule has 0 saturated heterocycles. The van der Waals surface area contributed by atoms with E-state index in [1.54, 1.807) is 6.07 Å². The molecule has 0 fully saturated rings. The number of nitro benzene ring substituents is 1. The molecule has 2 rings (SSSR count). The summed E-state index contributed by atoms with van der Waals surface area (Å²) in [4.78, 5) is 13.4. The highest BCUT2D eigenvalue weighted by molar-refractivity contribution is 7.92. The van der Waals surface area contributed by atoms with E-state index >= 15 is 0 Å². The van der Waals surface area contributed by atoms with Gasteiger partial charge in [0.1, 0.15) is 11.0 Å². The Morgan fingerprint density at radius 3 is 2.71 bits per heavy atom. The molecule has 2 aromatic rings. The van der Waals surface area contributed by atoms with Gasteiger partial charge in [-0.05, 0) is 18.2 Å². The van der Waals surface area contributed by atoms with Crippen molar-refractivity contribution in [1.29, 1.82) is 5.26 Å². The fourth-order valence-electron chi connectivity index (χ4n) is 1.58. The Balaban J connectivity index is 2.41. The molecule has 1 aromatic carbocycles. The van der Waals surface area contributed by atoms with Gasteiger partial charge in [-0.2, -0.15) is 5.26 Å². The Labute approximate surface area is 119 Å². The average Bonchev–Trinajstić information content (AvgIpc) is 2.47. The molecule has 0 aliphatic carbocycles. The van der Waals surface area contributed by atoms with Crippen LogP contribution in [0.4, 0.5) is 11.4 Å². The van der Waals surface area contributed by atoms with Crippen LogP contribution in [0.3, 0.4) is 0 Å². The minimum Gasteiger partial charge on any atom is -0.279 e. The van der Waals surface area contributed by atoms with Gasteiger partial charge in [0.05, 0.1) is 10.6 Å². The van der Waals surface area contributed by atoms with Gasteiger partial charge in [-0.3, -0.25) is 14.8 Å². The molecule has 0 atom stereocenters. The van der Waals surface area contributed by atoms with Gasteiger partial charge >= 0.3 is 0 Å². The second-order valence-electron chi connectivity index (χ2n) is 3.87. The first-order chi connectivity index (χ1) is 9.94. The summed E-state index contributed by atoms with van der Waals surface area (Å²) in [7, 11) is -4.06. The van der Waals surface area contributed by atoms with Crippen molar-refractivity contribution >= 4 is 21.4 Å². The summed E-state index contributed by atoms with van der Waals surface area (Å²) in [5.74, 6) is 0. The summed E-state index contributed by atoms with van der Waals surface area (Å²) in [6.07, 6.45) is 1.30. The highest BCUT2D eigenvalue weighted by Gasteiger charge is 2.20. The molecule has 1 N–H and O–H groups in total. The zero-order chi connectivity index (χ0) is 15.5. The van der Waals surface area contributed by atoms with Gasteiger partial charge in [0.2, 0.25) is 0 Å². The van der Waals surface area contributed by atoms with Crippen LogP contribution in [0.2, 0.25) is 0 Å². The van der Waals surface area contributed by atoms with E-state index in [4.69, 9.17) is 5.26 Å². The molecule has 9 heteroatoms. The van der Waals surface area contributed by atoms with E-state index < -0.39 is 14.9 Å². The maximum Gasteiger partial charge on any atom is 0.271 e. The van der Waals surface area contributed by atoms with Crippen molar-refractivity contribution < 1.29 is 13.3 Å². The van der Waals surface area contributed by atoms with Crippen LogP contribution in [-0.2, 0) is 10.0 Å². The fourth-order valence-corrected chi connectivity index (χ4v) is 2.74. The quantitative estimate of drug-likeness (QED) is 0.676. The zero-order valence-corrected chi connectivity index (χ0v) is 11.2. The van der Waals surface area contributed by atoms with Crippen LogP contribution in [0.15, 0.2) is 47.5 Å². The predicted octanol–water partition coefficient (Wildman–Crippen LogP) is 1.66. The van der Waals surface area contributed by atoms with Crippen molar-refractivity contribution in [3.05, 3.63) is 58.4 Å². The highest BCUT2D eigenvalue weighted by atomic mass is 32.2. The molecule has 0 radical (unpaired) electrons. The predicted molar refractivity (Wildman–Crippen MR) is 72.9 cm³/mol. The lowest BCUT2D eigenvalue weighted by atomic mass is 10.3. The summed E-state index contributed by atoms with van der Waals surface area (Å²) < 4.78 is 26.6. The monoisotopic (exact) mass is 304 g/mol. The van der Waals surface area contributed by atoms with Gasteiger partial charge in [-0.15, -0.1) is 0 Å². The molecule has 106 valence electrons. The number of anilines is 1. The Hall–Kier alpha value is -2.99. The first kappa shape index (κ1) is 14.4. The second-order valence-corrected chi connectivity index (χ2v) is 5.53. The van der Waals surface area contributed by atoms with E-state index in [1.165, 1.54) is 36.5 Å². The zero-order valence-electron chi connectivity index (χ0n) is 10.4. The third-order valence-corrected chi connectivity index (χ3v) is 3.89. The molecule has 1 aromatic heterocycles. The lowest BCUT2D eigenvalue weighted by Crippen LogP contribution is -2.15. The topological polar surface area (TPSA) is 126 Å². The molecule has 0 saturated carbocycles. The number of nitrogens with zero attached hydrogens (tertiary/aromatic N) is 3. The maximum atomic E-state index is 12.2. The highest BCUT2D eigenvalue weighted by Crippen LogP contribution is 2.21. The van der Waals surface area contributed by atoms with E-state index in [0.717, 1.165) is 6.07 Å². The first-order valence-electron chi connectivity index (χ1n) is 5.56. The second kappa shape index (κ2) is 5.56. The third kappa shape index (κ3) is 3.13. The van der Waals surface area contributed by atoms with E-state index in [0.29, 0.717) is 0 Å². The lowest BCUT2D eigenvalue weighted by molar-refractivity contribution is -0.384. The van der Waals surface area contributed by atoms with E-state index in [9.17, 15) is 18.5 Å². The van der Waals surface area contributed by atoms with Crippen molar-refractivity contribution in [1.82, 2.24) is 4.98 Å². The molecule has 0 spiro atoms. The number of aromatic nitrogens is 1. The molecule has 21 heavy (non-hydrogen) atoms. The van der Waals surface area contributed by atoms with Crippen LogP contribution in [-0.4, -0.2) is 18.3 Å². The van der Waals surface area contributed by atoms with E-state index in [1.807, 2.05) is 0 Å². The summed E-state index contributed by atoms with van der Waals surface area (Å²) >= 11 is 0. The number of nitriles is 1. The summed E-state index contributed by atoms with van der Waals surface area (Å²) in [6.45, 7) is 0. The van der Waals surface area contributed by atoms with Gasteiger partial charge in [0, 0.05) is 18.3 Å². The number of benzene rings is 1. The number of nitro groups is 1.